The minimum Gasteiger partial charge on any atom is -0.378 e. The minimum atomic E-state index is -0.181. The number of anilines is 1. The van der Waals surface area contributed by atoms with Crippen LogP contribution in [0.4, 0.5) is 5.69 Å². The highest BCUT2D eigenvalue weighted by atomic mass is 16.5. The average Bonchev–Trinajstić information content (AvgIpc) is 3.32. The molecule has 5 rings (SSSR count). The number of fused-ring (bicyclic) bond motifs is 2. The van der Waals surface area contributed by atoms with Crippen LogP contribution in [0, 0.1) is 0 Å². The first-order valence-electron chi connectivity index (χ1n) is 10.1. The summed E-state index contributed by atoms with van der Waals surface area (Å²) in [5.41, 5.74) is 4.80. The highest BCUT2D eigenvalue weighted by Crippen LogP contribution is 2.32. The Morgan fingerprint density at radius 1 is 1.20 bits per heavy atom. The second-order valence-electron chi connectivity index (χ2n) is 7.72. The summed E-state index contributed by atoms with van der Waals surface area (Å²) in [5, 5.41) is 9.70. The maximum Gasteiger partial charge on any atom is 0.248 e. The van der Waals surface area contributed by atoms with Gasteiger partial charge in [-0.25, -0.2) is 0 Å². The van der Waals surface area contributed by atoms with Crippen LogP contribution in [-0.2, 0) is 16.1 Å². The van der Waals surface area contributed by atoms with Gasteiger partial charge in [0.05, 0.1) is 19.4 Å². The van der Waals surface area contributed by atoms with Gasteiger partial charge in [0.25, 0.3) is 0 Å². The van der Waals surface area contributed by atoms with Crippen LogP contribution in [0.5, 0.6) is 0 Å². The second-order valence-corrected chi connectivity index (χ2v) is 7.72. The molecule has 30 heavy (non-hydrogen) atoms. The predicted octanol–water partition coefficient (Wildman–Crippen LogP) is 3.10. The molecule has 7 nitrogen and oxygen atoms in total. The number of carbonyl (C=O) groups is 1. The van der Waals surface area contributed by atoms with Crippen LogP contribution in [0.25, 0.3) is 17.2 Å². The van der Waals surface area contributed by atoms with Crippen molar-refractivity contribution in [3.63, 3.8) is 0 Å². The molecular formula is C23H23N5O2. The zero-order valence-electron chi connectivity index (χ0n) is 16.5. The van der Waals surface area contributed by atoms with Gasteiger partial charge in [-0.05, 0) is 41.8 Å². The molecule has 152 valence electrons. The van der Waals surface area contributed by atoms with Gasteiger partial charge >= 0.3 is 0 Å². The fraction of sp³-hybridized carbons (Fsp3) is 0.261. The molecule has 2 saturated heterocycles. The molecule has 2 unspecified atom stereocenters. The van der Waals surface area contributed by atoms with Gasteiger partial charge in [-0.1, -0.05) is 12.1 Å². The highest BCUT2D eigenvalue weighted by molar-refractivity contribution is 6.02. The van der Waals surface area contributed by atoms with E-state index in [2.05, 4.69) is 37.5 Å². The average molecular weight is 401 g/mol. The first-order chi connectivity index (χ1) is 14.8. The number of hydrogen-bond donors (Lipinski definition) is 2. The van der Waals surface area contributed by atoms with Crippen LogP contribution in [0.1, 0.15) is 17.5 Å². The molecule has 0 aliphatic carbocycles. The minimum absolute atomic E-state index is 0.181. The van der Waals surface area contributed by atoms with Gasteiger partial charge in [0, 0.05) is 60.1 Å². The molecule has 4 heterocycles. The number of aromatic nitrogens is 3. The van der Waals surface area contributed by atoms with Gasteiger partial charge in [0.2, 0.25) is 5.91 Å². The number of nitrogens with one attached hydrogen (secondary N) is 2. The van der Waals surface area contributed by atoms with Gasteiger partial charge in [0.1, 0.15) is 0 Å². The van der Waals surface area contributed by atoms with E-state index in [-0.39, 0.29) is 5.91 Å². The van der Waals surface area contributed by atoms with Gasteiger partial charge in [0.15, 0.2) is 0 Å². The molecule has 2 N–H and O–H groups in total. The Labute approximate surface area is 174 Å². The largest absolute Gasteiger partial charge is 0.378 e. The maximum absolute atomic E-state index is 12.4. The van der Waals surface area contributed by atoms with E-state index >= 15 is 0 Å². The SMILES string of the molecule is O=C(/C=C/c1cnccc1-c1cn[nH]c1)Nc1ccc(CN2C3COCC2C3)cc1. The number of H-pyrrole nitrogens is 1. The lowest BCUT2D eigenvalue weighted by Gasteiger charge is -2.52. The molecule has 2 aliphatic heterocycles. The van der Waals surface area contributed by atoms with E-state index in [1.807, 2.05) is 24.4 Å². The van der Waals surface area contributed by atoms with Crippen molar-refractivity contribution < 1.29 is 9.53 Å². The Hall–Kier alpha value is -3.29. The number of aromatic amines is 1. The number of pyridine rings is 1. The van der Waals surface area contributed by atoms with Crippen molar-refractivity contribution in [2.45, 2.75) is 25.0 Å². The summed E-state index contributed by atoms with van der Waals surface area (Å²) in [4.78, 5) is 19.0. The Bertz CT molecular complexity index is 1030. The molecule has 1 amide bonds. The zero-order valence-corrected chi connectivity index (χ0v) is 16.5. The normalized spacial score (nSPS) is 20.8. The number of morpholine rings is 1. The van der Waals surface area contributed by atoms with Crippen molar-refractivity contribution in [3.05, 3.63) is 72.3 Å². The molecule has 0 radical (unpaired) electrons. The molecule has 7 heteroatoms. The number of hydrogen-bond acceptors (Lipinski definition) is 5. The summed E-state index contributed by atoms with van der Waals surface area (Å²) in [7, 11) is 0. The van der Waals surface area contributed by atoms with Crippen molar-refractivity contribution in [2.75, 3.05) is 18.5 Å². The third-order valence-electron chi connectivity index (χ3n) is 5.76. The molecule has 2 aliphatic rings. The second kappa shape index (κ2) is 8.22. The maximum atomic E-state index is 12.4. The van der Waals surface area contributed by atoms with E-state index in [4.69, 9.17) is 4.74 Å². The smallest absolute Gasteiger partial charge is 0.248 e. The van der Waals surface area contributed by atoms with Gasteiger partial charge in [-0.15, -0.1) is 0 Å². The lowest BCUT2D eigenvalue weighted by molar-refractivity contribution is -0.131. The third kappa shape index (κ3) is 3.90. The number of benzene rings is 1. The summed E-state index contributed by atoms with van der Waals surface area (Å²) in [6.45, 7) is 2.62. The molecule has 0 saturated carbocycles. The summed E-state index contributed by atoms with van der Waals surface area (Å²) < 4.78 is 5.54. The van der Waals surface area contributed by atoms with Crippen LogP contribution in [0.3, 0.4) is 0 Å². The molecule has 1 aromatic carbocycles. The van der Waals surface area contributed by atoms with E-state index in [0.29, 0.717) is 12.1 Å². The van der Waals surface area contributed by atoms with Crippen LogP contribution >= 0.6 is 0 Å². The standard InChI is InChI=1S/C23H23N5O2/c29-23(6-3-17-10-24-8-7-22(17)18-11-25-26-12-18)27-19-4-1-16(2-5-19)13-28-20-9-21(28)15-30-14-20/h1-8,10-12,20-21H,9,13-15H2,(H,25,26)(H,27,29)/b6-3+. The highest BCUT2D eigenvalue weighted by Gasteiger charge is 2.41. The van der Waals surface area contributed by atoms with Crippen LogP contribution in [-0.4, -0.2) is 51.3 Å². The number of ether oxygens (including phenoxy) is 1. The first kappa shape index (κ1) is 18.7. The van der Waals surface area contributed by atoms with E-state index in [9.17, 15) is 4.79 Å². The molecule has 2 fully saturated rings. The number of amides is 1. The lowest BCUT2D eigenvalue weighted by atomic mass is 9.90. The van der Waals surface area contributed by atoms with E-state index in [1.54, 1.807) is 24.7 Å². The fourth-order valence-corrected chi connectivity index (χ4v) is 4.13. The molecule has 3 aromatic rings. The van der Waals surface area contributed by atoms with Gasteiger partial charge in [-0.2, -0.15) is 5.10 Å². The monoisotopic (exact) mass is 401 g/mol. The van der Waals surface area contributed by atoms with Gasteiger partial charge < -0.3 is 10.1 Å². The fourth-order valence-electron chi connectivity index (χ4n) is 4.13. The number of nitrogens with zero attached hydrogens (tertiary/aromatic N) is 3. The van der Waals surface area contributed by atoms with E-state index < -0.39 is 0 Å². The molecule has 0 spiro atoms. The lowest BCUT2D eigenvalue weighted by Crippen LogP contribution is -2.62. The Morgan fingerprint density at radius 2 is 2.03 bits per heavy atom. The summed E-state index contributed by atoms with van der Waals surface area (Å²) >= 11 is 0. The van der Waals surface area contributed by atoms with Crippen molar-refractivity contribution in [2.24, 2.45) is 0 Å². The molecule has 2 bridgehead atoms. The molecular weight excluding hydrogens is 378 g/mol. The topological polar surface area (TPSA) is 83.1 Å². The van der Waals surface area contributed by atoms with Gasteiger partial charge in [-0.3, -0.25) is 19.8 Å². The number of carbonyl (C=O) groups excluding carboxylic acids is 1. The van der Waals surface area contributed by atoms with Crippen molar-refractivity contribution in [3.8, 4) is 11.1 Å². The number of rotatable bonds is 6. The summed E-state index contributed by atoms with van der Waals surface area (Å²) in [6, 6.07) is 11.1. The van der Waals surface area contributed by atoms with Crippen LogP contribution < -0.4 is 5.32 Å². The van der Waals surface area contributed by atoms with E-state index in [0.717, 1.165) is 42.1 Å². The quantitative estimate of drug-likeness (QED) is 0.620. The Balaban J connectivity index is 1.20. The Morgan fingerprint density at radius 3 is 2.77 bits per heavy atom. The zero-order chi connectivity index (χ0) is 20.3. The predicted molar refractivity (Wildman–Crippen MR) is 114 cm³/mol. The Kier molecular flexibility index (Phi) is 5.13. The summed E-state index contributed by atoms with van der Waals surface area (Å²) in [6.07, 6.45) is 11.6. The van der Waals surface area contributed by atoms with Crippen LogP contribution in [0.15, 0.2) is 61.2 Å². The van der Waals surface area contributed by atoms with Crippen LogP contribution in [0.2, 0.25) is 0 Å². The summed E-state index contributed by atoms with van der Waals surface area (Å²) in [5.74, 6) is -0.181. The molecule has 2 aromatic heterocycles. The van der Waals surface area contributed by atoms with Crippen molar-refractivity contribution in [1.82, 2.24) is 20.1 Å². The molecule has 2 atom stereocenters. The first-order valence-corrected chi connectivity index (χ1v) is 10.1. The van der Waals surface area contributed by atoms with Crippen molar-refractivity contribution >= 4 is 17.7 Å². The van der Waals surface area contributed by atoms with Crippen molar-refractivity contribution in [1.29, 1.82) is 0 Å². The van der Waals surface area contributed by atoms with E-state index in [1.165, 1.54) is 18.1 Å². The third-order valence-corrected chi connectivity index (χ3v) is 5.76.